The number of furan rings is 1. The van der Waals surface area contributed by atoms with Crippen molar-refractivity contribution >= 4 is 22.8 Å². The number of aromatic nitrogens is 5. The lowest BCUT2D eigenvalue weighted by atomic mass is 10.1. The quantitative estimate of drug-likeness (QED) is 0.350. The first-order valence-corrected chi connectivity index (χ1v) is 11.1. The molecule has 1 amide bonds. The van der Waals surface area contributed by atoms with Crippen molar-refractivity contribution in [2.24, 2.45) is 0 Å². The van der Waals surface area contributed by atoms with Gasteiger partial charge in [0.2, 0.25) is 5.91 Å². The molecule has 0 radical (unpaired) electrons. The highest BCUT2D eigenvalue weighted by molar-refractivity contribution is 5.95. The molecule has 0 spiro atoms. The summed E-state index contributed by atoms with van der Waals surface area (Å²) in [6.45, 7) is 3.64. The van der Waals surface area contributed by atoms with Crippen LogP contribution in [0.4, 0.5) is 19.0 Å². The second-order valence-electron chi connectivity index (χ2n) is 8.35. The Balaban J connectivity index is 1.32. The molecule has 0 bridgehead atoms. The average Bonchev–Trinajstić information content (AvgIpc) is 3.54. The van der Waals surface area contributed by atoms with Crippen LogP contribution in [0.3, 0.4) is 0 Å². The topological polar surface area (TPSA) is 90.8 Å². The minimum atomic E-state index is -4.42. The summed E-state index contributed by atoms with van der Waals surface area (Å²) in [4.78, 5) is 17.2. The van der Waals surface area contributed by atoms with Gasteiger partial charge in [0.15, 0.2) is 11.5 Å². The molecule has 4 heterocycles. The van der Waals surface area contributed by atoms with Crippen LogP contribution in [0.2, 0.25) is 0 Å². The van der Waals surface area contributed by atoms with E-state index >= 15 is 0 Å². The van der Waals surface area contributed by atoms with Crippen LogP contribution >= 0.6 is 0 Å². The van der Waals surface area contributed by atoms with Crippen LogP contribution in [-0.4, -0.2) is 30.5 Å². The van der Waals surface area contributed by atoms with Crippen molar-refractivity contribution in [3.8, 4) is 11.3 Å². The van der Waals surface area contributed by atoms with Gasteiger partial charge in [-0.1, -0.05) is 12.1 Å². The Morgan fingerprint density at radius 1 is 1.06 bits per heavy atom. The Hall–Kier alpha value is -4.41. The van der Waals surface area contributed by atoms with Gasteiger partial charge < -0.3 is 9.73 Å². The summed E-state index contributed by atoms with van der Waals surface area (Å²) in [5.41, 5.74) is 2.50. The fourth-order valence-corrected chi connectivity index (χ4v) is 4.10. The number of carbonyl (C=O) groups excluding carboxylic acids is 1. The first kappa shape index (κ1) is 23.3. The summed E-state index contributed by atoms with van der Waals surface area (Å²) < 4.78 is 47.6. The summed E-state index contributed by atoms with van der Waals surface area (Å²) >= 11 is 0. The van der Waals surface area contributed by atoms with Crippen LogP contribution in [-0.2, 0) is 24.1 Å². The summed E-state index contributed by atoms with van der Waals surface area (Å²) in [7, 11) is 0. The number of halogens is 3. The number of anilines is 1. The van der Waals surface area contributed by atoms with Gasteiger partial charge in [-0.05, 0) is 49.7 Å². The number of alkyl halides is 3. The van der Waals surface area contributed by atoms with Crippen LogP contribution < -0.4 is 5.32 Å². The molecular weight excluding hydrogens is 473 g/mol. The fraction of sp³-hybridized carbons (Fsp3) is 0.200. The minimum absolute atomic E-state index is 0.0987. The van der Waals surface area contributed by atoms with E-state index in [1.165, 1.54) is 15.4 Å². The predicted octanol–water partition coefficient (Wildman–Crippen LogP) is 5.21. The molecule has 11 heteroatoms. The average molecular weight is 494 g/mol. The second-order valence-corrected chi connectivity index (χ2v) is 8.35. The zero-order valence-electron chi connectivity index (χ0n) is 19.4. The highest BCUT2D eigenvalue weighted by Crippen LogP contribution is 2.31. The SMILES string of the molecule is Cc1nn(CC(=O)Nc2cc(C)n(Cc3cccc(C(F)(F)F)c3)n2)c2nccc(-c3ccco3)c12. The van der Waals surface area contributed by atoms with E-state index < -0.39 is 11.7 Å². The molecule has 5 rings (SSSR count). The van der Waals surface area contributed by atoms with E-state index in [4.69, 9.17) is 4.42 Å². The van der Waals surface area contributed by atoms with E-state index in [0.29, 0.717) is 34.2 Å². The predicted molar refractivity (Wildman–Crippen MR) is 126 cm³/mol. The normalized spacial score (nSPS) is 11.8. The van der Waals surface area contributed by atoms with E-state index in [1.54, 1.807) is 37.6 Å². The molecule has 1 aromatic carbocycles. The third-order valence-electron chi connectivity index (χ3n) is 5.72. The smallest absolute Gasteiger partial charge is 0.416 e. The lowest BCUT2D eigenvalue weighted by molar-refractivity contribution is -0.137. The highest BCUT2D eigenvalue weighted by Gasteiger charge is 2.30. The van der Waals surface area contributed by atoms with Crippen molar-refractivity contribution in [2.45, 2.75) is 33.1 Å². The van der Waals surface area contributed by atoms with Crippen molar-refractivity contribution < 1.29 is 22.4 Å². The number of aryl methyl sites for hydroxylation is 2. The molecule has 4 aromatic heterocycles. The molecule has 0 saturated heterocycles. The van der Waals surface area contributed by atoms with Gasteiger partial charge in [-0.25, -0.2) is 9.67 Å². The Morgan fingerprint density at radius 3 is 2.64 bits per heavy atom. The number of hydrogen-bond acceptors (Lipinski definition) is 5. The number of nitrogens with one attached hydrogen (secondary N) is 1. The first-order valence-electron chi connectivity index (χ1n) is 11.1. The maximum Gasteiger partial charge on any atom is 0.416 e. The molecule has 36 heavy (non-hydrogen) atoms. The molecule has 0 unspecified atom stereocenters. The van der Waals surface area contributed by atoms with E-state index in [-0.39, 0.29) is 19.0 Å². The standard InChI is InChI=1S/C25H21F3N6O2/c1-15-11-21(32-33(15)13-17-5-3-6-18(12-17)25(26,27)28)30-22(35)14-34-24-23(16(2)31-34)19(8-9-29-24)20-7-4-10-36-20/h3-12H,13-14H2,1-2H3,(H,30,32,35). The van der Waals surface area contributed by atoms with Gasteiger partial charge in [0, 0.05) is 23.5 Å². The molecule has 1 N–H and O–H groups in total. The zero-order valence-corrected chi connectivity index (χ0v) is 19.4. The van der Waals surface area contributed by atoms with Crippen molar-refractivity contribution in [2.75, 3.05) is 5.32 Å². The number of carbonyl (C=O) groups is 1. The van der Waals surface area contributed by atoms with Gasteiger partial charge >= 0.3 is 6.18 Å². The van der Waals surface area contributed by atoms with Crippen molar-refractivity contribution in [1.29, 1.82) is 0 Å². The maximum absolute atomic E-state index is 13.0. The Kier molecular flexibility index (Phi) is 5.83. The number of fused-ring (bicyclic) bond motifs is 1. The van der Waals surface area contributed by atoms with Crippen LogP contribution in [0, 0.1) is 13.8 Å². The van der Waals surface area contributed by atoms with Crippen molar-refractivity contribution in [1.82, 2.24) is 24.5 Å². The largest absolute Gasteiger partial charge is 0.464 e. The third-order valence-corrected chi connectivity index (χ3v) is 5.72. The van der Waals surface area contributed by atoms with E-state index in [9.17, 15) is 18.0 Å². The monoisotopic (exact) mass is 494 g/mol. The van der Waals surface area contributed by atoms with Crippen molar-refractivity contribution in [3.05, 3.63) is 83.5 Å². The molecule has 0 aliphatic heterocycles. The number of rotatable bonds is 6. The van der Waals surface area contributed by atoms with Gasteiger partial charge in [0.05, 0.1) is 29.5 Å². The lowest BCUT2D eigenvalue weighted by Crippen LogP contribution is -2.20. The van der Waals surface area contributed by atoms with E-state index in [1.807, 2.05) is 19.1 Å². The molecule has 0 aliphatic rings. The highest BCUT2D eigenvalue weighted by atomic mass is 19.4. The van der Waals surface area contributed by atoms with E-state index in [2.05, 4.69) is 20.5 Å². The second kappa shape index (κ2) is 8.99. The molecule has 0 fully saturated rings. The number of hydrogen-bond donors (Lipinski definition) is 1. The zero-order chi connectivity index (χ0) is 25.4. The molecule has 5 aromatic rings. The molecule has 184 valence electrons. The summed E-state index contributed by atoms with van der Waals surface area (Å²) in [5.74, 6) is 0.603. The molecule has 8 nitrogen and oxygen atoms in total. The van der Waals surface area contributed by atoms with Gasteiger partial charge in [-0.15, -0.1) is 0 Å². The fourth-order valence-electron chi connectivity index (χ4n) is 4.10. The van der Waals surface area contributed by atoms with Crippen LogP contribution in [0.25, 0.3) is 22.4 Å². The number of nitrogens with zero attached hydrogens (tertiary/aromatic N) is 5. The first-order chi connectivity index (χ1) is 17.2. The summed E-state index contributed by atoms with van der Waals surface area (Å²) in [5, 5.41) is 12.3. The maximum atomic E-state index is 13.0. The third kappa shape index (κ3) is 4.59. The van der Waals surface area contributed by atoms with Crippen molar-refractivity contribution in [3.63, 3.8) is 0 Å². The van der Waals surface area contributed by atoms with Crippen LogP contribution in [0.5, 0.6) is 0 Å². The Morgan fingerprint density at radius 2 is 1.89 bits per heavy atom. The number of benzene rings is 1. The Bertz CT molecular complexity index is 1550. The summed E-state index contributed by atoms with van der Waals surface area (Å²) in [6.07, 6.45) is -1.20. The molecular formula is C25H21F3N6O2. The van der Waals surface area contributed by atoms with Crippen LogP contribution in [0.1, 0.15) is 22.5 Å². The van der Waals surface area contributed by atoms with Crippen LogP contribution in [0.15, 0.2) is 65.4 Å². The molecule has 0 atom stereocenters. The Labute approximate surface area is 203 Å². The minimum Gasteiger partial charge on any atom is -0.464 e. The lowest BCUT2D eigenvalue weighted by Gasteiger charge is -2.09. The van der Waals surface area contributed by atoms with Gasteiger partial charge in [-0.3, -0.25) is 9.48 Å². The number of pyridine rings is 1. The van der Waals surface area contributed by atoms with Gasteiger partial charge in [-0.2, -0.15) is 23.4 Å². The van der Waals surface area contributed by atoms with Gasteiger partial charge in [0.25, 0.3) is 0 Å². The van der Waals surface area contributed by atoms with Gasteiger partial charge in [0.1, 0.15) is 12.3 Å². The van der Waals surface area contributed by atoms with E-state index in [0.717, 1.165) is 23.1 Å². The molecule has 0 saturated carbocycles. The summed E-state index contributed by atoms with van der Waals surface area (Å²) in [6, 6.07) is 12.2. The molecule has 0 aliphatic carbocycles. The number of amides is 1.